The minimum absolute atomic E-state index is 0. The Hall–Kier alpha value is -1.32. The van der Waals surface area contributed by atoms with Crippen molar-refractivity contribution in [2.24, 2.45) is 4.99 Å². The molecule has 1 heterocycles. The standard InChI is InChI=1S/C19H28N4OS.HI/c1-4-20-18(22-15-19(2,24)16-10-13-25-14-16)21-11-12-23(3)17-8-6-5-7-9-17;/h5-10,13-14,24H,4,11-12,15H2,1-3H3,(H2,20,21,22);1H. The van der Waals surface area contributed by atoms with Crippen LogP contribution in [0.1, 0.15) is 19.4 Å². The van der Waals surface area contributed by atoms with Crippen molar-refractivity contribution in [1.82, 2.24) is 10.6 Å². The molecule has 1 aromatic carbocycles. The summed E-state index contributed by atoms with van der Waals surface area (Å²) in [6.45, 7) is 6.54. The molecule has 0 radical (unpaired) electrons. The second kappa shape index (κ2) is 11.4. The minimum atomic E-state index is -0.955. The zero-order valence-electron chi connectivity index (χ0n) is 15.6. The summed E-state index contributed by atoms with van der Waals surface area (Å²) >= 11 is 1.58. The fraction of sp³-hybridized carbons (Fsp3) is 0.421. The van der Waals surface area contributed by atoms with E-state index in [2.05, 4.69) is 39.7 Å². The summed E-state index contributed by atoms with van der Waals surface area (Å²) < 4.78 is 0. The van der Waals surface area contributed by atoms with E-state index in [1.165, 1.54) is 5.69 Å². The Morgan fingerprint density at radius 2 is 1.96 bits per heavy atom. The molecule has 2 rings (SSSR count). The van der Waals surface area contributed by atoms with Gasteiger partial charge < -0.3 is 20.6 Å². The van der Waals surface area contributed by atoms with Crippen LogP contribution in [0.25, 0.3) is 0 Å². The molecule has 0 saturated carbocycles. The highest BCUT2D eigenvalue weighted by Gasteiger charge is 2.23. The number of nitrogens with zero attached hydrogens (tertiary/aromatic N) is 2. The molecule has 26 heavy (non-hydrogen) atoms. The second-order valence-corrected chi connectivity index (χ2v) is 6.94. The van der Waals surface area contributed by atoms with Gasteiger partial charge in [-0.2, -0.15) is 11.3 Å². The first-order valence-electron chi connectivity index (χ1n) is 8.56. The van der Waals surface area contributed by atoms with Crippen molar-refractivity contribution >= 4 is 47.0 Å². The summed E-state index contributed by atoms with van der Waals surface area (Å²) in [5, 5.41) is 21.1. The van der Waals surface area contributed by atoms with Crippen molar-refractivity contribution in [3.8, 4) is 0 Å². The summed E-state index contributed by atoms with van der Waals surface area (Å²) in [5.41, 5.74) is 1.14. The van der Waals surface area contributed by atoms with Gasteiger partial charge in [-0.05, 0) is 48.4 Å². The molecule has 0 aliphatic carbocycles. The Bertz CT molecular complexity index is 647. The third-order valence-electron chi connectivity index (χ3n) is 3.97. The lowest BCUT2D eigenvalue weighted by Gasteiger charge is -2.22. The highest BCUT2D eigenvalue weighted by Crippen LogP contribution is 2.23. The van der Waals surface area contributed by atoms with Gasteiger partial charge in [0, 0.05) is 32.4 Å². The Morgan fingerprint density at radius 3 is 2.58 bits per heavy atom. The van der Waals surface area contributed by atoms with Crippen LogP contribution in [0.15, 0.2) is 52.2 Å². The van der Waals surface area contributed by atoms with Crippen LogP contribution < -0.4 is 15.5 Å². The van der Waals surface area contributed by atoms with Gasteiger partial charge in [0.1, 0.15) is 5.60 Å². The molecule has 5 nitrogen and oxygen atoms in total. The molecule has 0 amide bonds. The number of likely N-dealkylation sites (N-methyl/N-ethyl adjacent to an activating group) is 1. The van der Waals surface area contributed by atoms with E-state index in [4.69, 9.17) is 0 Å². The van der Waals surface area contributed by atoms with Crippen LogP contribution in [0, 0.1) is 0 Å². The SMILES string of the molecule is CCNC(=NCC(C)(O)c1ccsc1)NCCN(C)c1ccccc1.I. The molecule has 144 valence electrons. The number of hydrogen-bond acceptors (Lipinski definition) is 4. The van der Waals surface area contributed by atoms with Gasteiger partial charge in [0.2, 0.25) is 0 Å². The van der Waals surface area contributed by atoms with Gasteiger partial charge in [-0.3, -0.25) is 0 Å². The normalized spacial score (nSPS) is 13.5. The monoisotopic (exact) mass is 488 g/mol. The van der Waals surface area contributed by atoms with E-state index in [1.54, 1.807) is 18.3 Å². The summed E-state index contributed by atoms with van der Waals surface area (Å²) in [6, 6.07) is 12.2. The molecular weight excluding hydrogens is 459 g/mol. The number of rotatable bonds is 8. The quantitative estimate of drug-likeness (QED) is 0.303. The molecule has 2 aromatic rings. The molecule has 1 aromatic heterocycles. The molecule has 7 heteroatoms. The summed E-state index contributed by atoms with van der Waals surface area (Å²) in [4.78, 5) is 6.73. The van der Waals surface area contributed by atoms with Crippen LogP contribution in [0.2, 0.25) is 0 Å². The molecular formula is C19H29IN4OS. The third-order valence-corrected chi connectivity index (χ3v) is 4.65. The maximum Gasteiger partial charge on any atom is 0.191 e. The summed E-state index contributed by atoms with van der Waals surface area (Å²) in [5.74, 6) is 0.722. The number of halogens is 1. The van der Waals surface area contributed by atoms with E-state index in [0.717, 1.165) is 31.2 Å². The topological polar surface area (TPSA) is 59.9 Å². The number of thiophene rings is 1. The molecule has 0 aliphatic heterocycles. The molecule has 0 spiro atoms. The minimum Gasteiger partial charge on any atom is -0.383 e. The van der Waals surface area contributed by atoms with Crippen molar-refractivity contribution in [3.05, 3.63) is 52.7 Å². The molecule has 1 atom stereocenters. The van der Waals surface area contributed by atoms with E-state index < -0.39 is 5.60 Å². The number of aliphatic imine (C=N–C) groups is 1. The van der Waals surface area contributed by atoms with Crippen LogP contribution in [0.4, 0.5) is 5.69 Å². The van der Waals surface area contributed by atoms with E-state index in [-0.39, 0.29) is 24.0 Å². The Morgan fingerprint density at radius 1 is 1.23 bits per heavy atom. The van der Waals surface area contributed by atoms with Gasteiger partial charge in [0.05, 0.1) is 6.54 Å². The van der Waals surface area contributed by atoms with Crippen molar-refractivity contribution < 1.29 is 5.11 Å². The van der Waals surface area contributed by atoms with Crippen molar-refractivity contribution in [2.45, 2.75) is 19.4 Å². The van der Waals surface area contributed by atoms with Gasteiger partial charge in [0.15, 0.2) is 5.96 Å². The lowest BCUT2D eigenvalue weighted by Crippen LogP contribution is -2.42. The van der Waals surface area contributed by atoms with Gasteiger partial charge >= 0.3 is 0 Å². The fourth-order valence-electron chi connectivity index (χ4n) is 2.39. The van der Waals surface area contributed by atoms with Gasteiger partial charge in [-0.15, -0.1) is 24.0 Å². The van der Waals surface area contributed by atoms with E-state index in [1.807, 2.05) is 41.9 Å². The van der Waals surface area contributed by atoms with Crippen molar-refractivity contribution in [3.63, 3.8) is 0 Å². The molecule has 0 aliphatic rings. The number of hydrogen-bond donors (Lipinski definition) is 3. The number of para-hydroxylation sites is 1. The zero-order valence-corrected chi connectivity index (χ0v) is 18.8. The van der Waals surface area contributed by atoms with Crippen molar-refractivity contribution in [1.29, 1.82) is 0 Å². The first-order valence-corrected chi connectivity index (χ1v) is 9.50. The van der Waals surface area contributed by atoms with Crippen LogP contribution >= 0.6 is 35.3 Å². The van der Waals surface area contributed by atoms with Gasteiger partial charge in [0.25, 0.3) is 0 Å². The van der Waals surface area contributed by atoms with Crippen LogP contribution in [0.5, 0.6) is 0 Å². The van der Waals surface area contributed by atoms with Gasteiger partial charge in [-0.25, -0.2) is 4.99 Å². The van der Waals surface area contributed by atoms with Gasteiger partial charge in [-0.1, -0.05) is 18.2 Å². The first kappa shape index (κ1) is 22.7. The highest BCUT2D eigenvalue weighted by molar-refractivity contribution is 14.0. The van der Waals surface area contributed by atoms with E-state index >= 15 is 0 Å². The number of nitrogens with one attached hydrogen (secondary N) is 2. The Kier molecular flexibility index (Phi) is 9.97. The largest absolute Gasteiger partial charge is 0.383 e. The molecule has 1 unspecified atom stereocenters. The van der Waals surface area contributed by atoms with Crippen LogP contribution in [-0.4, -0.2) is 44.3 Å². The number of guanidine groups is 1. The lowest BCUT2D eigenvalue weighted by molar-refractivity contribution is 0.0677. The van der Waals surface area contributed by atoms with E-state index in [0.29, 0.717) is 6.54 Å². The Labute approximate surface area is 177 Å². The fourth-order valence-corrected chi connectivity index (χ4v) is 3.17. The maximum atomic E-state index is 10.6. The number of aliphatic hydroxyl groups is 1. The highest BCUT2D eigenvalue weighted by atomic mass is 127. The van der Waals surface area contributed by atoms with Crippen molar-refractivity contribution in [2.75, 3.05) is 38.1 Å². The predicted molar refractivity (Wildman–Crippen MR) is 123 cm³/mol. The average Bonchev–Trinajstić information content (AvgIpc) is 3.16. The smallest absolute Gasteiger partial charge is 0.191 e. The molecule has 0 saturated heterocycles. The average molecular weight is 488 g/mol. The predicted octanol–water partition coefficient (Wildman–Crippen LogP) is 3.27. The Balaban J connectivity index is 0.00000338. The van der Waals surface area contributed by atoms with Crippen LogP contribution in [0.3, 0.4) is 0 Å². The third kappa shape index (κ3) is 7.13. The lowest BCUT2D eigenvalue weighted by atomic mass is 10.00. The molecule has 0 bridgehead atoms. The number of benzene rings is 1. The molecule has 3 N–H and O–H groups in total. The zero-order chi connectivity index (χ0) is 18.1. The van der Waals surface area contributed by atoms with E-state index in [9.17, 15) is 5.11 Å². The number of anilines is 1. The van der Waals surface area contributed by atoms with Crippen LogP contribution in [-0.2, 0) is 5.60 Å². The maximum absolute atomic E-state index is 10.6. The first-order chi connectivity index (χ1) is 12.0. The summed E-state index contributed by atoms with van der Waals surface area (Å²) in [7, 11) is 2.07. The second-order valence-electron chi connectivity index (χ2n) is 6.16. The summed E-state index contributed by atoms with van der Waals surface area (Å²) in [6.07, 6.45) is 0. The molecule has 0 fully saturated rings.